The van der Waals surface area contributed by atoms with Crippen molar-refractivity contribution < 1.29 is 19.0 Å². The smallest absolute Gasteiger partial charge is 0.310 e. The van der Waals surface area contributed by atoms with Gasteiger partial charge in [0.15, 0.2) is 0 Å². The summed E-state index contributed by atoms with van der Waals surface area (Å²) in [5.41, 5.74) is 10.7. The maximum absolute atomic E-state index is 12.1. The van der Waals surface area contributed by atoms with E-state index in [1.807, 2.05) is 29.9 Å². The molecule has 0 unspecified atom stereocenters. The van der Waals surface area contributed by atoms with E-state index in [9.17, 15) is 4.79 Å². The number of pyridine rings is 1. The van der Waals surface area contributed by atoms with Crippen LogP contribution in [0.25, 0.3) is 32.8 Å². The zero-order chi connectivity index (χ0) is 25.9. The van der Waals surface area contributed by atoms with Crippen LogP contribution in [0.5, 0.6) is 11.5 Å². The van der Waals surface area contributed by atoms with Crippen LogP contribution < -0.4 is 15.2 Å². The molecule has 2 aromatic heterocycles. The molecule has 0 aliphatic rings. The quantitative estimate of drug-likeness (QED) is 0.300. The van der Waals surface area contributed by atoms with E-state index < -0.39 is 0 Å². The SMILES string of the molecule is CCOC(=O)Cc1ccc(OC)cc1OCc1nn(C)c2ccc(-c3ccc4ccnc(N)c4c3)cc12. The number of benzene rings is 3. The summed E-state index contributed by atoms with van der Waals surface area (Å²) in [4.78, 5) is 16.3. The molecule has 0 spiro atoms. The van der Waals surface area contributed by atoms with Gasteiger partial charge in [0.05, 0.1) is 25.7 Å². The Kier molecular flexibility index (Phi) is 6.64. The molecule has 37 heavy (non-hydrogen) atoms. The van der Waals surface area contributed by atoms with Gasteiger partial charge in [0, 0.05) is 35.6 Å². The summed E-state index contributed by atoms with van der Waals surface area (Å²) in [5.74, 6) is 1.39. The minimum atomic E-state index is -0.309. The van der Waals surface area contributed by atoms with Gasteiger partial charge >= 0.3 is 5.97 Å². The monoisotopic (exact) mass is 496 g/mol. The number of hydrogen-bond acceptors (Lipinski definition) is 7. The number of aryl methyl sites for hydroxylation is 1. The molecule has 188 valence electrons. The van der Waals surface area contributed by atoms with Crippen molar-refractivity contribution in [1.82, 2.24) is 14.8 Å². The van der Waals surface area contributed by atoms with Gasteiger partial charge in [0.25, 0.3) is 0 Å². The van der Waals surface area contributed by atoms with E-state index in [-0.39, 0.29) is 19.0 Å². The van der Waals surface area contributed by atoms with E-state index in [1.165, 1.54) is 0 Å². The molecule has 3 aromatic carbocycles. The van der Waals surface area contributed by atoms with Crippen molar-refractivity contribution in [3.63, 3.8) is 0 Å². The average Bonchev–Trinajstić information content (AvgIpc) is 3.23. The summed E-state index contributed by atoms with van der Waals surface area (Å²) in [6.07, 6.45) is 1.83. The van der Waals surface area contributed by atoms with Crippen molar-refractivity contribution in [2.24, 2.45) is 7.05 Å². The van der Waals surface area contributed by atoms with Crippen LogP contribution in [0.2, 0.25) is 0 Å². The number of carbonyl (C=O) groups is 1. The Bertz CT molecular complexity index is 1610. The van der Waals surface area contributed by atoms with Crippen molar-refractivity contribution in [3.05, 3.63) is 78.1 Å². The van der Waals surface area contributed by atoms with Crippen LogP contribution in [0.4, 0.5) is 5.82 Å². The standard InChI is InChI=1S/C29H28N4O4/c1-4-36-28(34)15-21-7-9-22(35-3)16-27(21)37-17-25-24-14-20(8-10-26(24)33(2)32-25)19-6-5-18-11-12-31-29(30)23(18)13-19/h5-14,16H,4,15,17H2,1-3H3,(H2,30,31). The minimum absolute atomic E-state index is 0.111. The number of nitrogen functional groups attached to an aromatic ring is 1. The third-order valence-corrected chi connectivity index (χ3v) is 6.34. The highest BCUT2D eigenvalue weighted by Gasteiger charge is 2.15. The number of ether oxygens (including phenoxy) is 3. The van der Waals surface area contributed by atoms with Gasteiger partial charge in [-0.25, -0.2) is 4.98 Å². The van der Waals surface area contributed by atoms with E-state index in [0.29, 0.717) is 23.9 Å². The van der Waals surface area contributed by atoms with Crippen molar-refractivity contribution >= 4 is 33.5 Å². The second kappa shape index (κ2) is 10.2. The maximum Gasteiger partial charge on any atom is 0.310 e. The molecule has 0 saturated carbocycles. The number of methoxy groups -OCH3 is 1. The third-order valence-electron chi connectivity index (χ3n) is 6.34. The summed E-state index contributed by atoms with van der Waals surface area (Å²) in [6.45, 7) is 2.33. The number of rotatable bonds is 8. The van der Waals surface area contributed by atoms with Gasteiger partial charge in [-0.1, -0.05) is 24.3 Å². The molecule has 0 aliphatic heterocycles. The molecule has 0 saturated heterocycles. The Morgan fingerprint density at radius 1 is 1.00 bits per heavy atom. The first-order valence-corrected chi connectivity index (χ1v) is 12.0. The lowest BCUT2D eigenvalue weighted by molar-refractivity contribution is -0.142. The Morgan fingerprint density at radius 2 is 1.78 bits per heavy atom. The Hall–Kier alpha value is -4.59. The van der Waals surface area contributed by atoms with Crippen LogP contribution in [-0.2, 0) is 29.6 Å². The second-order valence-electron chi connectivity index (χ2n) is 8.68. The third kappa shape index (κ3) is 4.91. The van der Waals surface area contributed by atoms with Crippen LogP contribution in [-0.4, -0.2) is 34.5 Å². The van der Waals surface area contributed by atoms with Gasteiger partial charge < -0.3 is 19.9 Å². The van der Waals surface area contributed by atoms with Gasteiger partial charge in [0.2, 0.25) is 0 Å². The second-order valence-corrected chi connectivity index (χ2v) is 8.68. The van der Waals surface area contributed by atoms with E-state index >= 15 is 0 Å². The predicted molar refractivity (Wildman–Crippen MR) is 144 cm³/mol. The minimum Gasteiger partial charge on any atom is -0.497 e. The number of aromatic nitrogens is 3. The van der Waals surface area contributed by atoms with Crippen molar-refractivity contribution in [2.45, 2.75) is 20.0 Å². The van der Waals surface area contributed by atoms with E-state index in [0.717, 1.165) is 44.1 Å². The summed E-state index contributed by atoms with van der Waals surface area (Å²) < 4.78 is 18.5. The number of esters is 1. The highest BCUT2D eigenvalue weighted by molar-refractivity contribution is 5.95. The highest BCUT2D eigenvalue weighted by atomic mass is 16.5. The van der Waals surface area contributed by atoms with Gasteiger partial charge in [-0.2, -0.15) is 5.10 Å². The molecule has 0 aliphatic carbocycles. The van der Waals surface area contributed by atoms with Crippen molar-refractivity contribution in [1.29, 1.82) is 0 Å². The van der Waals surface area contributed by atoms with E-state index in [1.54, 1.807) is 32.4 Å². The van der Waals surface area contributed by atoms with Gasteiger partial charge in [-0.05, 0) is 53.8 Å². The fourth-order valence-corrected chi connectivity index (χ4v) is 4.45. The van der Waals surface area contributed by atoms with Crippen LogP contribution in [0, 0.1) is 0 Å². The zero-order valence-electron chi connectivity index (χ0n) is 21.0. The molecule has 5 rings (SSSR count). The predicted octanol–water partition coefficient (Wildman–Crippen LogP) is 5.06. The Balaban J connectivity index is 1.47. The fourth-order valence-electron chi connectivity index (χ4n) is 4.45. The lowest BCUT2D eigenvalue weighted by atomic mass is 10.00. The van der Waals surface area contributed by atoms with E-state index in [2.05, 4.69) is 35.3 Å². The van der Waals surface area contributed by atoms with Crippen molar-refractivity contribution in [2.75, 3.05) is 19.5 Å². The van der Waals surface area contributed by atoms with Crippen molar-refractivity contribution in [3.8, 4) is 22.6 Å². The number of fused-ring (bicyclic) bond motifs is 2. The summed E-state index contributed by atoms with van der Waals surface area (Å²) in [6, 6.07) is 19.8. The number of hydrogen-bond donors (Lipinski definition) is 1. The molecular formula is C29H28N4O4. The van der Waals surface area contributed by atoms with Gasteiger partial charge in [-0.15, -0.1) is 0 Å². The van der Waals surface area contributed by atoms with Crippen LogP contribution in [0.15, 0.2) is 66.9 Å². The van der Waals surface area contributed by atoms with Crippen LogP contribution in [0.3, 0.4) is 0 Å². The molecule has 0 amide bonds. The first kappa shape index (κ1) is 24.1. The number of nitrogens with zero attached hydrogens (tertiary/aromatic N) is 3. The van der Waals surface area contributed by atoms with Gasteiger partial charge in [0.1, 0.15) is 29.6 Å². The van der Waals surface area contributed by atoms with Crippen LogP contribution >= 0.6 is 0 Å². The summed E-state index contributed by atoms with van der Waals surface area (Å²) >= 11 is 0. The first-order valence-electron chi connectivity index (χ1n) is 12.0. The first-order chi connectivity index (χ1) is 18.0. The Morgan fingerprint density at radius 3 is 2.57 bits per heavy atom. The molecule has 2 heterocycles. The molecule has 0 atom stereocenters. The fraction of sp³-hybridized carbons (Fsp3) is 0.207. The molecule has 0 bridgehead atoms. The molecular weight excluding hydrogens is 468 g/mol. The molecule has 0 radical (unpaired) electrons. The molecule has 8 nitrogen and oxygen atoms in total. The number of carbonyl (C=O) groups excluding carboxylic acids is 1. The molecule has 5 aromatic rings. The highest BCUT2D eigenvalue weighted by Crippen LogP contribution is 2.31. The van der Waals surface area contributed by atoms with Gasteiger partial charge in [-0.3, -0.25) is 9.48 Å². The Labute approximate surface area is 214 Å². The summed E-state index contributed by atoms with van der Waals surface area (Å²) in [7, 11) is 3.50. The number of anilines is 1. The lowest BCUT2D eigenvalue weighted by Gasteiger charge is -2.12. The molecule has 2 N–H and O–H groups in total. The number of nitrogens with two attached hydrogens (primary N) is 1. The molecule has 8 heteroatoms. The zero-order valence-corrected chi connectivity index (χ0v) is 21.0. The topological polar surface area (TPSA) is 101 Å². The maximum atomic E-state index is 12.1. The molecule has 0 fully saturated rings. The normalized spacial score (nSPS) is 11.1. The largest absolute Gasteiger partial charge is 0.497 e. The lowest BCUT2D eigenvalue weighted by Crippen LogP contribution is -2.09. The van der Waals surface area contributed by atoms with E-state index in [4.69, 9.17) is 25.0 Å². The summed E-state index contributed by atoms with van der Waals surface area (Å²) in [5, 5.41) is 7.65. The van der Waals surface area contributed by atoms with Crippen LogP contribution in [0.1, 0.15) is 18.2 Å². The average molecular weight is 497 g/mol.